The maximum atomic E-state index is 11.4. The molecule has 6 nitrogen and oxygen atoms in total. The lowest BCUT2D eigenvalue weighted by Crippen LogP contribution is -2.27. The summed E-state index contributed by atoms with van der Waals surface area (Å²) in [5, 5.41) is 10.4. The van der Waals surface area contributed by atoms with Crippen LogP contribution in [0.4, 0.5) is 5.69 Å². The van der Waals surface area contributed by atoms with Gasteiger partial charge in [0.2, 0.25) is 0 Å². The molecule has 0 bridgehead atoms. The van der Waals surface area contributed by atoms with Gasteiger partial charge < -0.3 is 5.11 Å². The van der Waals surface area contributed by atoms with Crippen molar-refractivity contribution in [2.75, 3.05) is 0 Å². The predicted octanol–water partition coefficient (Wildman–Crippen LogP) is 4.49. The molecule has 1 heterocycles. The van der Waals surface area contributed by atoms with Crippen LogP contribution >= 0.6 is 0 Å². The SMILES string of the molecule is CC1=Nc2ccc3cc(S(=O)(=O)O)ccc3c2C1(C)CCCCCC(=O)O. The first-order valence-electron chi connectivity index (χ1n) is 8.95. The monoisotopic (exact) mass is 389 g/mol. The largest absolute Gasteiger partial charge is 0.481 e. The van der Waals surface area contributed by atoms with Crippen molar-refractivity contribution >= 4 is 38.3 Å². The molecule has 3 rings (SSSR count). The summed E-state index contributed by atoms with van der Waals surface area (Å²) in [6, 6.07) is 8.32. The molecule has 0 fully saturated rings. The van der Waals surface area contributed by atoms with E-state index in [1.54, 1.807) is 6.07 Å². The van der Waals surface area contributed by atoms with Crippen LogP contribution in [0.5, 0.6) is 0 Å². The average Bonchev–Trinajstić information content (AvgIpc) is 2.84. The molecule has 1 aliphatic heterocycles. The Hall–Kier alpha value is -2.25. The van der Waals surface area contributed by atoms with Crippen LogP contribution in [-0.4, -0.2) is 29.8 Å². The van der Waals surface area contributed by atoms with E-state index in [2.05, 4.69) is 6.92 Å². The number of unbranched alkanes of at least 4 members (excludes halogenated alkanes) is 2. The standard InChI is InChI=1S/C20H23NO5S/c1-13-20(2,11-5-3-4-6-18(22)23)19-16-9-8-15(27(24,25)26)12-14(16)7-10-17(19)21-13/h7-10,12H,3-6,11H2,1-2H3,(H,22,23)(H,24,25,26). The van der Waals surface area contributed by atoms with Crippen molar-refractivity contribution in [3.63, 3.8) is 0 Å². The lowest BCUT2D eigenvalue weighted by molar-refractivity contribution is -0.137. The molecule has 0 saturated carbocycles. The van der Waals surface area contributed by atoms with E-state index in [0.717, 1.165) is 47.0 Å². The summed E-state index contributed by atoms with van der Waals surface area (Å²) in [6.45, 7) is 4.13. The molecular weight excluding hydrogens is 366 g/mol. The van der Waals surface area contributed by atoms with Crippen molar-refractivity contribution in [2.45, 2.75) is 56.3 Å². The fourth-order valence-corrected chi connectivity index (χ4v) is 4.37. The summed E-state index contributed by atoms with van der Waals surface area (Å²) >= 11 is 0. The van der Waals surface area contributed by atoms with Gasteiger partial charge in [-0.25, -0.2) is 0 Å². The molecular formula is C20H23NO5S. The van der Waals surface area contributed by atoms with Crippen molar-refractivity contribution in [1.29, 1.82) is 0 Å². The Balaban J connectivity index is 1.94. The molecule has 144 valence electrons. The minimum atomic E-state index is -4.25. The maximum absolute atomic E-state index is 11.4. The molecule has 2 aromatic carbocycles. The van der Waals surface area contributed by atoms with E-state index in [4.69, 9.17) is 10.1 Å². The molecule has 0 radical (unpaired) electrons. The Morgan fingerprint density at radius 3 is 2.56 bits per heavy atom. The summed E-state index contributed by atoms with van der Waals surface area (Å²) < 4.78 is 32.2. The normalized spacial score (nSPS) is 19.1. The number of carboxylic acids is 1. The third-order valence-corrected chi connectivity index (χ3v) is 6.32. The van der Waals surface area contributed by atoms with Crippen LogP contribution in [0.2, 0.25) is 0 Å². The summed E-state index contributed by atoms with van der Waals surface area (Å²) in [4.78, 5) is 15.2. The molecule has 0 saturated heterocycles. The van der Waals surface area contributed by atoms with E-state index in [9.17, 15) is 17.8 Å². The summed E-state index contributed by atoms with van der Waals surface area (Å²) in [7, 11) is -4.25. The number of hydrogen-bond acceptors (Lipinski definition) is 4. The van der Waals surface area contributed by atoms with Gasteiger partial charge >= 0.3 is 5.97 Å². The van der Waals surface area contributed by atoms with Gasteiger partial charge in [0.1, 0.15) is 0 Å². The van der Waals surface area contributed by atoms with E-state index in [1.165, 1.54) is 12.1 Å². The number of benzene rings is 2. The van der Waals surface area contributed by atoms with Gasteiger partial charge in [0.15, 0.2) is 0 Å². The number of aliphatic imine (C=N–C) groups is 1. The van der Waals surface area contributed by atoms with Crippen molar-refractivity contribution in [3.8, 4) is 0 Å². The molecule has 7 heteroatoms. The zero-order valence-electron chi connectivity index (χ0n) is 15.4. The van der Waals surface area contributed by atoms with Crippen molar-refractivity contribution in [1.82, 2.24) is 0 Å². The first kappa shape index (κ1) is 19.5. The molecule has 0 aliphatic carbocycles. The van der Waals surface area contributed by atoms with E-state index in [0.29, 0.717) is 6.42 Å². The van der Waals surface area contributed by atoms with Crippen LogP contribution in [0, 0.1) is 0 Å². The molecule has 1 aliphatic rings. The van der Waals surface area contributed by atoms with E-state index in [1.807, 2.05) is 19.1 Å². The Kier molecular flexibility index (Phi) is 5.10. The Labute approximate surface area is 158 Å². The van der Waals surface area contributed by atoms with E-state index in [-0.39, 0.29) is 16.7 Å². The Bertz CT molecular complexity index is 1040. The molecule has 0 amide bonds. The van der Waals surface area contributed by atoms with Gasteiger partial charge in [-0.15, -0.1) is 0 Å². The molecule has 27 heavy (non-hydrogen) atoms. The number of fused-ring (bicyclic) bond motifs is 3. The number of carbonyl (C=O) groups is 1. The highest BCUT2D eigenvalue weighted by atomic mass is 32.2. The average molecular weight is 389 g/mol. The predicted molar refractivity (Wildman–Crippen MR) is 105 cm³/mol. The third kappa shape index (κ3) is 3.75. The number of rotatable bonds is 7. The van der Waals surface area contributed by atoms with E-state index >= 15 is 0 Å². The van der Waals surface area contributed by atoms with Crippen LogP contribution in [0.15, 0.2) is 40.2 Å². The van der Waals surface area contributed by atoms with Gasteiger partial charge in [-0.05, 0) is 54.3 Å². The number of aliphatic carboxylic acids is 1. The molecule has 0 aromatic heterocycles. The van der Waals surface area contributed by atoms with Gasteiger partial charge in [0.25, 0.3) is 10.1 Å². The molecule has 0 spiro atoms. The van der Waals surface area contributed by atoms with Crippen LogP contribution in [0.25, 0.3) is 10.8 Å². The van der Waals surface area contributed by atoms with Gasteiger partial charge in [-0.2, -0.15) is 8.42 Å². The zero-order valence-corrected chi connectivity index (χ0v) is 16.2. The van der Waals surface area contributed by atoms with Gasteiger partial charge in [0, 0.05) is 17.5 Å². The summed E-state index contributed by atoms with van der Waals surface area (Å²) in [5.74, 6) is -0.772. The first-order chi connectivity index (χ1) is 12.6. The number of carboxylic acid groups (broad SMARTS) is 1. The second-order valence-electron chi connectivity index (χ2n) is 7.30. The maximum Gasteiger partial charge on any atom is 0.303 e. The van der Waals surface area contributed by atoms with Crippen LogP contribution in [0.3, 0.4) is 0 Å². The van der Waals surface area contributed by atoms with Crippen LogP contribution < -0.4 is 0 Å². The highest BCUT2D eigenvalue weighted by molar-refractivity contribution is 7.85. The topological polar surface area (TPSA) is 104 Å². The first-order valence-corrected chi connectivity index (χ1v) is 10.4. The zero-order chi connectivity index (χ0) is 19.8. The Morgan fingerprint density at radius 1 is 1.15 bits per heavy atom. The summed E-state index contributed by atoms with van der Waals surface area (Å²) in [5.41, 5.74) is 2.67. The van der Waals surface area contributed by atoms with Crippen molar-refractivity contribution < 1.29 is 22.9 Å². The smallest absolute Gasteiger partial charge is 0.303 e. The third-order valence-electron chi connectivity index (χ3n) is 5.47. The van der Waals surface area contributed by atoms with Crippen molar-refractivity contribution in [3.05, 3.63) is 35.9 Å². The minimum absolute atomic E-state index is 0.124. The molecule has 2 N–H and O–H groups in total. The fraction of sp³-hybridized carbons (Fsp3) is 0.400. The van der Waals surface area contributed by atoms with Crippen LogP contribution in [0.1, 0.15) is 51.5 Å². The Morgan fingerprint density at radius 2 is 1.89 bits per heavy atom. The highest BCUT2D eigenvalue weighted by Crippen LogP contribution is 2.47. The minimum Gasteiger partial charge on any atom is -0.481 e. The van der Waals surface area contributed by atoms with Gasteiger partial charge in [-0.1, -0.05) is 31.9 Å². The quantitative estimate of drug-likeness (QED) is 0.536. The lowest BCUT2D eigenvalue weighted by Gasteiger charge is -2.27. The van der Waals surface area contributed by atoms with Gasteiger partial charge in [0.05, 0.1) is 10.6 Å². The summed E-state index contributed by atoms with van der Waals surface area (Å²) in [6.07, 6.45) is 3.40. The lowest BCUT2D eigenvalue weighted by atomic mass is 9.74. The number of nitrogens with zero attached hydrogens (tertiary/aromatic N) is 1. The number of hydrogen-bond donors (Lipinski definition) is 2. The molecule has 1 atom stereocenters. The fourth-order valence-electron chi connectivity index (χ4n) is 3.85. The van der Waals surface area contributed by atoms with Gasteiger partial charge in [-0.3, -0.25) is 14.3 Å². The highest BCUT2D eigenvalue weighted by Gasteiger charge is 2.37. The van der Waals surface area contributed by atoms with Crippen molar-refractivity contribution in [2.24, 2.45) is 4.99 Å². The second kappa shape index (κ2) is 7.05. The molecule has 1 unspecified atom stereocenters. The second-order valence-corrected chi connectivity index (χ2v) is 8.72. The van der Waals surface area contributed by atoms with E-state index < -0.39 is 16.1 Å². The van der Waals surface area contributed by atoms with Crippen LogP contribution in [-0.2, 0) is 20.3 Å². The molecule has 2 aromatic rings.